The number of carbonyl (C=O) groups excluding carboxylic acids is 2. The third-order valence-electron chi connectivity index (χ3n) is 10.8. The van der Waals surface area contributed by atoms with Gasteiger partial charge in [-0.1, -0.05) is 179 Å². The van der Waals surface area contributed by atoms with Crippen LogP contribution in [0, 0.1) is 47.4 Å². The molecule has 0 amide bonds. The zero-order valence-corrected chi connectivity index (χ0v) is 42.5. The number of phosphoric acid groups is 1. The molecule has 0 N–H and O–H groups in total. The summed E-state index contributed by atoms with van der Waals surface area (Å²) in [6.45, 7) is 4.13. The van der Waals surface area contributed by atoms with Gasteiger partial charge in [-0.15, -0.1) is 0 Å². The van der Waals surface area contributed by atoms with E-state index < -0.39 is 32.5 Å². The highest BCUT2D eigenvalue weighted by Crippen LogP contribution is 2.38. The highest BCUT2D eigenvalue weighted by Gasteiger charge is 2.21. The van der Waals surface area contributed by atoms with E-state index in [4.69, 9.17) is 18.5 Å². The van der Waals surface area contributed by atoms with E-state index in [2.05, 4.69) is 61.2 Å². The van der Waals surface area contributed by atoms with Gasteiger partial charge in [0.1, 0.15) is 19.8 Å². The summed E-state index contributed by atoms with van der Waals surface area (Å²) >= 11 is 0. The Kier molecular flexibility index (Phi) is 43.5. The van der Waals surface area contributed by atoms with Crippen molar-refractivity contribution in [3.05, 3.63) is 0 Å². The number of ether oxygens (including phenoxy) is 2. The fourth-order valence-corrected chi connectivity index (χ4v) is 7.49. The van der Waals surface area contributed by atoms with Crippen molar-refractivity contribution in [2.45, 2.75) is 238 Å². The van der Waals surface area contributed by atoms with Gasteiger partial charge in [0.2, 0.25) is 0 Å². The molecule has 0 spiro atoms. The zero-order valence-electron chi connectivity index (χ0n) is 41.6. The van der Waals surface area contributed by atoms with E-state index >= 15 is 0 Å². The number of unbranched alkanes of at least 4 members (excludes halogenated alkanes) is 28. The maximum absolute atomic E-state index is 12.7. The van der Waals surface area contributed by atoms with E-state index in [1.54, 1.807) is 0 Å². The van der Waals surface area contributed by atoms with Crippen molar-refractivity contribution in [1.82, 2.24) is 0 Å². The lowest BCUT2D eigenvalue weighted by molar-refractivity contribution is -0.870. The van der Waals surface area contributed by atoms with Gasteiger partial charge in [-0.05, 0) is 62.2 Å². The van der Waals surface area contributed by atoms with Gasteiger partial charge < -0.3 is 27.9 Å². The molecule has 0 aliphatic rings. The van der Waals surface area contributed by atoms with Crippen molar-refractivity contribution in [2.24, 2.45) is 0 Å². The molecule has 0 radical (unpaired) electrons. The monoisotopic (exact) mass is 914 g/mol. The second kappa shape index (κ2) is 45.4. The molecule has 0 bridgehead atoms. The minimum absolute atomic E-state index is 0.0435. The lowest BCUT2D eigenvalue weighted by Gasteiger charge is -2.28. The minimum Gasteiger partial charge on any atom is -0.756 e. The molecular weight excluding hydrogens is 822 g/mol. The van der Waals surface area contributed by atoms with E-state index in [-0.39, 0.29) is 26.1 Å². The van der Waals surface area contributed by atoms with E-state index in [1.165, 1.54) is 103 Å². The molecule has 0 aliphatic heterocycles. The van der Waals surface area contributed by atoms with Gasteiger partial charge in [0.15, 0.2) is 6.10 Å². The Balaban J connectivity index is 4.31. The number of hydrogen-bond donors (Lipinski definition) is 0. The highest BCUT2D eigenvalue weighted by molar-refractivity contribution is 7.45. The summed E-state index contributed by atoms with van der Waals surface area (Å²) in [5.41, 5.74) is 0. The summed E-state index contributed by atoms with van der Waals surface area (Å²) in [7, 11) is 1.12. The Labute approximate surface area is 393 Å². The molecule has 0 aromatic carbocycles. The lowest BCUT2D eigenvalue weighted by Crippen LogP contribution is -2.37. The number of hydrogen-bond acceptors (Lipinski definition) is 8. The number of rotatable bonds is 42. The third kappa shape index (κ3) is 48.7. The van der Waals surface area contributed by atoms with Gasteiger partial charge in [0, 0.05) is 38.5 Å². The standard InChI is InChI=1S/C54H92NO8P/c1-6-8-10-12-14-16-18-20-22-24-26-28-30-32-34-36-38-40-42-44-46-53(56)60-50-52(51-62-64(58,59)61-49-48-55(3,4)5)63-54(57)47-45-43-41-39-37-35-33-31-29-27-25-23-21-19-17-15-13-11-9-7-2/h52H,6-19,28-51H2,1-5H3. The molecule has 0 saturated heterocycles. The number of esters is 2. The second-order valence-electron chi connectivity index (χ2n) is 18.3. The molecule has 0 saturated carbocycles. The maximum Gasteiger partial charge on any atom is 0.306 e. The van der Waals surface area contributed by atoms with Crippen molar-refractivity contribution in [3.8, 4) is 47.4 Å². The van der Waals surface area contributed by atoms with Gasteiger partial charge >= 0.3 is 11.9 Å². The molecule has 64 heavy (non-hydrogen) atoms. The van der Waals surface area contributed by atoms with Crippen LogP contribution in [0.3, 0.4) is 0 Å². The van der Waals surface area contributed by atoms with Crippen LogP contribution in [0.5, 0.6) is 0 Å². The first kappa shape index (κ1) is 61.2. The van der Waals surface area contributed by atoms with Gasteiger partial charge in [-0.2, -0.15) is 0 Å². The first-order chi connectivity index (χ1) is 31.0. The Morgan fingerprint density at radius 1 is 0.484 bits per heavy atom. The SMILES string of the molecule is CCCCCCCCC#CC#CCCCCCCCCCCC(=O)OCC(COP(=O)([O-])OCC[N+](C)(C)C)OC(=O)CCCCCCCCCCC#CC#CCCCCCCCC. The lowest BCUT2D eigenvalue weighted by atomic mass is 10.1. The van der Waals surface area contributed by atoms with Crippen molar-refractivity contribution in [1.29, 1.82) is 0 Å². The van der Waals surface area contributed by atoms with Crippen LogP contribution in [0.25, 0.3) is 0 Å². The predicted octanol–water partition coefficient (Wildman–Crippen LogP) is 13.0. The quantitative estimate of drug-likeness (QED) is 0.0196. The van der Waals surface area contributed by atoms with E-state index in [1.807, 2.05) is 21.1 Å². The summed E-state index contributed by atoms with van der Waals surface area (Å²) in [6, 6.07) is 0. The van der Waals surface area contributed by atoms with E-state index in [0.717, 1.165) is 89.9 Å². The van der Waals surface area contributed by atoms with Gasteiger partial charge in [-0.3, -0.25) is 14.2 Å². The average Bonchev–Trinajstić information content (AvgIpc) is 3.25. The summed E-state index contributed by atoms with van der Waals surface area (Å²) < 4.78 is 34.0. The minimum atomic E-state index is -4.65. The summed E-state index contributed by atoms with van der Waals surface area (Å²) in [5, 5.41) is 0. The highest BCUT2D eigenvalue weighted by atomic mass is 31.2. The number of likely N-dealkylation sites (N-methyl/N-ethyl adjacent to an activating group) is 1. The molecule has 0 aliphatic carbocycles. The largest absolute Gasteiger partial charge is 0.756 e. The molecule has 2 atom stereocenters. The predicted molar refractivity (Wildman–Crippen MR) is 263 cm³/mol. The molecule has 0 aromatic rings. The van der Waals surface area contributed by atoms with E-state index in [0.29, 0.717) is 23.9 Å². The molecule has 10 heteroatoms. The molecule has 0 fully saturated rings. The molecular formula is C54H92NO8P. The third-order valence-corrected chi connectivity index (χ3v) is 11.8. The van der Waals surface area contributed by atoms with Crippen LogP contribution in [0.1, 0.15) is 232 Å². The Bertz CT molecular complexity index is 1440. The molecule has 0 rings (SSSR count). The van der Waals surface area contributed by atoms with Crippen molar-refractivity contribution < 1.29 is 42.1 Å². The molecule has 0 heterocycles. The number of phosphoric ester groups is 1. The average molecular weight is 914 g/mol. The first-order valence-corrected chi connectivity index (χ1v) is 27.1. The van der Waals surface area contributed by atoms with Crippen LogP contribution in [-0.2, 0) is 32.7 Å². The van der Waals surface area contributed by atoms with Gasteiger partial charge in [0.05, 0.1) is 27.7 Å². The fourth-order valence-electron chi connectivity index (χ4n) is 6.76. The van der Waals surface area contributed by atoms with Crippen LogP contribution in [0.2, 0.25) is 0 Å². The molecule has 0 aromatic heterocycles. The molecule has 2 unspecified atom stereocenters. The van der Waals surface area contributed by atoms with Crippen molar-refractivity contribution in [3.63, 3.8) is 0 Å². The first-order valence-electron chi connectivity index (χ1n) is 25.7. The Hall–Kier alpha value is -2.75. The smallest absolute Gasteiger partial charge is 0.306 e. The van der Waals surface area contributed by atoms with Crippen LogP contribution < -0.4 is 4.89 Å². The molecule has 366 valence electrons. The van der Waals surface area contributed by atoms with Crippen LogP contribution in [-0.4, -0.2) is 70.0 Å². The van der Waals surface area contributed by atoms with E-state index in [9.17, 15) is 19.0 Å². The van der Waals surface area contributed by atoms with Crippen molar-refractivity contribution >= 4 is 19.8 Å². The topological polar surface area (TPSA) is 111 Å². The van der Waals surface area contributed by atoms with Crippen molar-refractivity contribution in [2.75, 3.05) is 47.5 Å². The fraction of sp³-hybridized carbons (Fsp3) is 0.815. The number of quaternary nitrogens is 1. The zero-order chi connectivity index (χ0) is 47.1. The number of carbonyl (C=O) groups is 2. The van der Waals surface area contributed by atoms with Crippen LogP contribution in [0.15, 0.2) is 0 Å². The van der Waals surface area contributed by atoms with Crippen LogP contribution in [0.4, 0.5) is 0 Å². The van der Waals surface area contributed by atoms with Gasteiger partial charge in [0.25, 0.3) is 7.82 Å². The van der Waals surface area contributed by atoms with Crippen LogP contribution >= 0.6 is 7.82 Å². The summed E-state index contributed by atoms with van der Waals surface area (Å²) in [6.07, 6.45) is 35.2. The summed E-state index contributed by atoms with van der Waals surface area (Å²) in [4.78, 5) is 37.7. The Morgan fingerprint density at radius 2 is 0.828 bits per heavy atom. The maximum atomic E-state index is 12.7. The summed E-state index contributed by atoms with van der Waals surface area (Å²) in [5.74, 6) is 23.8. The molecule has 9 nitrogen and oxygen atoms in total. The number of nitrogens with zero attached hydrogens (tertiary/aromatic N) is 1. The van der Waals surface area contributed by atoms with Gasteiger partial charge in [-0.25, -0.2) is 0 Å². The normalized spacial score (nSPS) is 12.3. The Morgan fingerprint density at radius 3 is 1.20 bits per heavy atom. The second-order valence-corrected chi connectivity index (χ2v) is 19.7.